The van der Waals surface area contributed by atoms with Crippen molar-refractivity contribution in [3.63, 3.8) is 0 Å². The van der Waals surface area contributed by atoms with E-state index in [4.69, 9.17) is 4.42 Å². The Morgan fingerprint density at radius 2 is 1.67 bits per heavy atom. The van der Waals surface area contributed by atoms with Gasteiger partial charge in [0, 0.05) is 19.3 Å². The van der Waals surface area contributed by atoms with Crippen molar-refractivity contribution in [2.24, 2.45) is 0 Å². The zero-order chi connectivity index (χ0) is 23.0. The summed E-state index contributed by atoms with van der Waals surface area (Å²) in [4.78, 5) is 32.4. The first-order valence-corrected chi connectivity index (χ1v) is 10.4. The molecule has 4 rings (SSSR count). The van der Waals surface area contributed by atoms with Gasteiger partial charge in [0.25, 0.3) is 11.8 Å². The maximum Gasteiger partial charge on any atom is 0.273 e. The highest BCUT2D eigenvalue weighted by molar-refractivity contribution is 5.96. The summed E-state index contributed by atoms with van der Waals surface area (Å²) in [7, 11) is 0. The van der Waals surface area contributed by atoms with Gasteiger partial charge in [0.1, 0.15) is 17.3 Å². The predicted molar refractivity (Wildman–Crippen MR) is 120 cm³/mol. The number of hydrogen-bond acceptors (Lipinski definition) is 4. The predicted octanol–water partition coefficient (Wildman–Crippen LogP) is 4.51. The number of furan rings is 1. The molecule has 33 heavy (non-hydrogen) atoms. The highest BCUT2D eigenvalue weighted by atomic mass is 19.1. The van der Waals surface area contributed by atoms with Gasteiger partial charge in [-0.05, 0) is 47.5 Å². The van der Waals surface area contributed by atoms with E-state index >= 15 is 0 Å². The SMILES string of the molecule is O=C(NCc1ccccc1)[C@@H](c1ccco1)N(Cc1ccc(F)cc1)C(=O)c1ccccn1. The molecule has 7 heteroatoms. The summed E-state index contributed by atoms with van der Waals surface area (Å²) in [6.07, 6.45) is 2.97. The topological polar surface area (TPSA) is 75.4 Å². The lowest BCUT2D eigenvalue weighted by Crippen LogP contribution is -2.43. The van der Waals surface area contributed by atoms with Crippen LogP contribution in [-0.2, 0) is 17.9 Å². The van der Waals surface area contributed by atoms with Gasteiger partial charge in [0.05, 0.1) is 6.26 Å². The van der Waals surface area contributed by atoms with Crippen LogP contribution in [0, 0.1) is 5.82 Å². The fourth-order valence-corrected chi connectivity index (χ4v) is 3.46. The monoisotopic (exact) mass is 443 g/mol. The van der Waals surface area contributed by atoms with Gasteiger partial charge < -0.3 is 14.6 Å². The molecular weight excluding hydrogens is 421 g/mol. The molecule has 0 unspecified atom stereocenters. The molecule has 1 atom stereocenters. The van der Waals surface area contributed by atoms with Crippen LogP contribution in [0.1, 0.15) is 33.4 Å². The van der Waals surface area contributed by atoms with Crippen molar-refractivity contribution in [1.82, 2.24) is 15.2 Å². The maximum atomic E-state index is 13.5. The summed E-state index contributed by atoms with van der Waals surface area (Å²) in [6.45, 7) is 0.346. The largest absolute Gasteiger partial charge is 0.467 e. The zero-order valence-electron chi connectivity index (χ0n) is 17.7. The molecule has 0 fully saturated rings. The Hall–Kier alpha value is -4.26. The quantitative estimate of drug-likeness (QED) is 0.435. The number of nitrogens with one attached hydrogen (secondary N) is 1. The minimum atomic E-state index is -1.05. The molecule has 2 aromatic heterocycles. The van der Waals surface area contributed by atoms with Gasteiger partial charge in [-0.25, -0.2) is 4.39 Å². The van der Waals surface area contributed by atoms with Crippen molar-refractivity contribution in [3.8, 4) is 0 Å². The smallest absolute Gasteiger partial charge is 0.273 e. The van der Waals surface area contributed by atoms with Crippen molar-refractivity contribution < 1.29 is 18.4 Å². The number of carbonyl (C=O) groups is 2. The molecule has 2 heterocycles. The molecule has 1 N–H and O–H groups in total. The first-order chi connectivity index (χ1) is 16.1. The summed E-state index contributed by atoms with van der Waals surface area (Å²) >= 11 is 0. The van der Waals surface area contributed by atoms with Crippen LogP contribution in [0.25, 0.3) is 0 Å². The van der Waals surface area contributed by atoms with Crippen LogP contribution in [-0.4, -0.2) is 21.7 Å². The Kier molecular flexibility index (Phi) is 6.90. The molecule has 0 saturated heterocycles. The first kappa shape index (κ1) is 22.0. The van der Waals surface area contributed by atoms with E-state index in [0.717, 1.165) is 5.56 Å². The molecule has 0 bridgehead atoms. The Morgan fingerprint density at radius 1 is 0.909 bits per heavy atom. The number of hydrogen-bond donors (Lipinski definition) is 1. The molecule has 166 valence electrons. The Labute approximate surface area is 190 Å². The molecule has 6 nitrogen and oxygen atoms in total. The molecule has 0 spiro atoms. The highest BCUT2D eigenvalue weighted by Crippen LogP contribution is 2.26. The van der Waals surface area contributed by atoms with Crippen LogP contribution >= 0.6 is 0 Å². The third-order valence-electron chi connectivity index (χ3n) is 5.09. The summed E-state index contributed by atoms with van der Waals surface area (Å²) < 4.78 is 19.0. The highest BCUT2D eigenvalue weighted by Gasteiger charge is 2.34. The third kappa shape index (κ3) is 5.51. The van der Waals surface area contributed by atoms with Gasteiger partial charge in [0.2, 0.25) is 0 Å². The Morgan fingerprint density at radius 3 is 2.33 bits per heavy atom. The summed E-state index contributed by atoms with van der Waals surface area (Å²) in [5.41, 5.74) is 1.77. The molecule has 2 amide bonds. The van der Waals surface area contributed by atoms with Crippen molar-refractivity contribution in [2.75, 3.05) is 0 Å². The second-order valence-electron chi connectivity index (χ2n) is 7.40. The fraction of sp³-hybridized carbons (Fsp3) is 0.115. The number of amides is 2. The lowest BCUT2D eigenvalue weighted by Gasteiger charge is -2.29. The van der Waals surface area contributed by atoms with Crippen LogP contribution in [0.5, 0.6) is 0 Å². The summed E-state index contributed by atoms with van der Waals surface area (Å²) in [6, 6.07) is 22.5. The van der Waals surface area contributed by atoms with Crippen LogP contribution in [0.15, 0.2) is 102 Å². The van der Waals surface area contributed by atoms with E-state index in [-0.39, 0.29) is 18.1 Å². The Bertz CT molecular complexity index is 1180. The van der Waals surface area contributed by atoms with E-state index in [1.54, 1.807) is 42.5 Å². The van der Waals surface area contributed by atoms with Crippen LogP contribution in [0.2, 0.25) is 0 Å². The van der Waals surface area contributed by atoms with E-state index in [9.17, 15) is 14.0 Å². The van der Waals surface area contributed by atoms with Crippen molar-refractivity contribution in [3.05, 3.63) is 126 Å². The van der Waals surface area contributed by atoms with Gasteiger partial charge in [0.15, 0.2) is 6.04 Å². The molecule has 4 aromatic rings. The maximum absolute atomic E-state index is 13.5. The first-order valence-electron chi connectivity index (χ1n) is 10.4. The number of rotatable bonds is 8. The minimum Gasteiger partial charge on any atom is -0.467 e. The summed E-state index contributed by atoms with van der Waals surface area (Å²) in [5.74, 6) is -0.923. The Balaban J connectivity index is 1.68. The standard InChI is InChI=1S/C26H22FN3O3/c27-21-13-11-20(12-14-21)18-30(26(32)22-9-4-5-15-28-22)24(23-10-6-16-33-23)25(31)29-17-19-7-2-1-3-8-19/h1-16,24H,17-18H2,(H,29,31)/t24-/m1/s1. The molecule has 0 saturated carbocycles. The molecule has 2 aromatic carbocycles. The molecule has 0 aliphatic heterocycles. The van der Waals surface area contributed by atoms with Crippen LogP contribution < -0.4 is 5.32 Å². The van der Waals surface area contributed by atoms with E-state index in [2.05, 4.69) is 10.3 Å². The third-order valence-corrected chi connectivity index (χ3v) is 5.09. The number of benzene rings is 2. The zero-order valence-corrected chi connectivity index (χ0v) is 17.7. The lowest BCUT2D eigenvalue weighted by atomic mass is 10.1. The van der Waals surface area contributed by atoms with Gasteiger partial charge in [-0.2, -0.15) is 0 Å². The molecular formula is C26H22FN3O3. The number of aromatic nitrogens is 1. The van der Waals surface area contributed by atoms with Gasteiger partial charge in [-0.1, -0.05) is 48.5 Å². The van der Waals surface area contributed by atoms with Crippen molar-refractivity contribution in [2.45, 2.75) is 19.1 Å². The van der Waals surface area contributed by atoms with Gasteiger partial charge in [-0.3, -0.25) is 14.6 Å². The van der Waals surface area contributed by atoms with Gasteiger partial charge in [-0.15, -0.1) is 0 Å². The van der Waals surface area contributed by atoms with Crippen LogP contribution in [0.4, 0.5) is 4.39 Å². The molecule has 0 aliphatic carbocycles. The number of carbonyl (C=O) groups excluding carboxylic acids is 2. The van der Waals surface area contributed by atoms with Gasteiger partial charge >= 0.3 is 0 Å². The number of halogens is 1. The fourth-order valence-electron chi connectivity index (χ4n) is 3.46. The second kappa shape index (κ2) is 10.4. The van der Waals surface area contributed by atoms with Crippen molar-refractivity contribution >= 4 is 11.8 Å². The molecule has 0 aliphatic rings. The average Bonchev–Trinajstić information content (AvgIpc) is 3.39. The number of nitrogens with zero attached hydrogens (tertiary/aromatic N) is 2. The van der Waals surface area contributed by atoms with Crippen molar-refractivity contribution in [1.29, 1.82) is 0 Å². The van der Waals surface area contributed by atoms with E-state index in [1.165, 1.54) is 29.5 Å². The minimum absolute atomic E-state index is 0.0554. The normalized spacial score (nSPS) is 11.5. The lowest BCUT2D eigenvalue weighted by molar-refractivity contribution is -0.126. The van der Waals surface area contributed by atoms with E-state index in [1.807, 2.05) is 30.3 Å². The summed E-state index contributed by atoms with van der Waals surface area (Å²) in [5, 5.41) is 2.90. The average molecular weight is 443 g/mol. The van der Waals surface area contributed by atoms with E-state index < -0.39 is 17.9 Å². The second-order valence-corrected chi connectivity index (χ2v) is 7.40. The number of pyridine rings is 1. The van der Waals surface area contributed by atoms with Crippen LogP contribution in [0.3, 0.4) is 0 Å². The molecule has 0 radical (unpaired) electrons. The van der Waals surface area contributed by atoms with E-state index in [0.29, 0.717) is 17.9 Å².